The second-order valence-electron chi connectivity index (χ2n) is 5.54. The van der Waals surface area contributed by atoms with Gasteiger partial charge in [-0.1, -0.05) is 12.8 Å². The molecule has 2 fully saturated rings. The van der Waals surface area contributed by atoms with E-state index in [1.807, 2.05) is 4.90 Å². The van der Waals surface area contributed by atoms with Crippen molar-refractivity contribution in [3.05, 3.63) is 0 Å². The number of nitrogens with one attached hydrogen (secondary N) is 2. The quantitative estimate of drug-likeness (QED) is 0.689. The molecular weight excluding hydrogens is 242 g/mol. The van der Waals surface area contributed by atoms with Gasteiger partial charge in [-0.05, 0) is 25.7 Å². The molecule has 0 spiro atoms. The van der Waals surface area contributed by atoms with Crippen molar-refractivity contribution in [3.63, 3.8) is 0 Å². The number of nitrogens with zero attached hydrogens (tertiary/aromatic N) is 1. The van der Waals surface area contributed by atoms with Crippen molar-refractivity contribution >= 4 is 11.8 Å². The van der Waals surface area contributed by atoms with Crippen molar-refractivity contribution in [1.82, 2.24) is 15.5 Å². The van der Waals surface area contributed by atoms with E-state index in [0.717, 1.165) is 38.8 Å². The fourth-order valence-electron chi connectivity index (χ4n) is 2.39. The molecule has 5 heteroatoms. The summed E-state index contributed by atoms with van der Waals surface area (Å²) < 4.78 is 0. The molecule has 108 valence electrons. The van der Waals surface area contributed by atoms with Gasteiger partial charge in [-0.3, -0.25) is 9.59 Å². The Labute approximate surface area is 115 Å². The molecule has 0 radical (unpaired) electrons. The second kappa shape index (κ2) is 7.48. The monoisotopic (exact) mass is 267 g/mol. The Hall–Kier alpha value is -1.10. The van der Waals surface area contributed by atoms with Gasteiger partial charge in [-0.25, -0.2) is 0 Å². The predicted octanol–water partition coefficient (Wildman–Crippen LogP) is 0.505. The molecule has 1 saturated carbocycles. The number of hydrogen-bond donors (Lipinski definition) is 2. The summed E-state index contributed by atoms with van der Waals surface area (Å²) >= 11 is 0. The zero-order chi connectivity index (χ0) is 13.5. The van der Waals surface area contributed by atoms with Crippen molar-refractivity contribution in [2.24, 2.45) is 5.92 Å². The lowest BCUT2D eigenvalue weighted by atomic mass is 10.2. The van der Waals surface area contributed by atoms with Crippen molar-refractivity contribution < 1.29 is 9.59 Å². The molecule has 1 aliphatic heterocycles. The molecule has 1 heterocycles. The van der Waals surface area contributed by atoms with Crippen molar-refractivity contribution in [1.29, 1.82) is 0 Å². The molecule has 0 atom stereocenters. The van der Waals surface area contributed by atoms with Gasteiger partial charge in [0.1, 0.15) is 0 Å². The first-order valence-electron chi connectivity index (χ1n) is 7.53. The van der Waals surface area contributed by atoms with Crippen LogP contribution < -0.4 is 10.6 Å². The van der Waals surface area contributed by atoms with Gasteiger partial charge in [-0.15, -0.1) is 0 Å². The third-order valence-corrected chi connectivity index (χ3v) is 3.78. The number of amides is 2. The summed E-state index contributed by atoms with van der Waals surface area (Å²) in [4.78, 5) is 25.3. The largest absolute Gasteiger partial charge is 0.355 e. The maximum atomic E-state index is 11.9. The zero-order valence-corrected chi connectivity index (χ0v) is 11.6. The number of hydrogen-bond acceptors (Lipinski definition) is 3. The molecule has 0 aromatic rings. The van der Waals surface area contributed by atoms with Gasteiger partial charge < -0.3 is 15.5 Å². The highest BCUT2D eigenvalue weighted by Gasteiger charge is 2.28. The summed E-state index contributed by atoms with van der Waals surface area (Å²) in [6.45, 7) is 3.47. The molecule has 2 rings (SSSR count). The van der Waals surface area contributed by atoms with E-state index >= 15 is 0 Å². The lowest BCUT2D eigenvalue weighted by molar-refractivity contribution is -0.130. The normalized spacial score (nSPS) is 19.9. The Balaban J connectivity index is 1.51. The van der Waals surface area contributed by atoms with Crippen molar-refractivity contribution in [2.45, 2.75) is 38.5 Å². The molecule has 0 aromatic carbocycles. The van der Waals surface area contributed by atoms with Crippen LogP contribution in [-0.2, 0) is 9.59 Å². The van der Waals surface area contributed by atoms with E-state index in [9.17, 15) is 9.59 Å². The lowest BCUT2D eigenvalue weighted by Gasteiger charge is -2.20. The van der Waals surface area contributed by atoms with Gasteiger partial charge >= 0.3 is 0 Å². The Morgan fingerprint density at radius 1 is 1.00 bits per heavy atom. The highest BCUT2D eigenvalue weighted by Crippen LogP contribution is 2.28. The molecule has 5 nitrogen and oxygen atoms in total. The zero-order valence-electron chi connectivity index (χ0n) is 11.6. The molecule has 1 aliphatic carbocycles. The standard InChI is InChI=1S/C14H25N3O2/c18-13(17-9-3-1-2-4-10-17)11-15-7-8-16-14(19)12-5-6-12/h12,15H,1-11H2,(H,16,19). The van der Waals surface area contributed by atoms with Gasteiger partial charge in [0.2, 0.25) is 11.8 Å². The fraction of sp³-hybridized carbons (Fsp3) is 0.857. The SMILES string of the molecule is O=C(NCCNCC(=O)N1CCCCCC1)C1CC1. The molecule has 0 aromatic heterocycles. The van der Waals surface area contributed by atoms with E-state index in [1.54, 1.807) is 0 Å². The molecule has 0 unspecified atom stereocenters. The maximum Gasteiger partial charge on any atom is 0.236 e. The average Bonchev–Trinajstić information content (AvgIpc) is 3.24. The third-order valence-electron chi connectivity index (χ3n) is 3.78. The highest BCUT2D eigenvalue weighted by molar-refractivity contribution is 5.80. The van der Waals surface area contributed by atoms with Crippen LogP contribution >= 0.6 is 0 Å². The Morgan fingerprint density at radius 2 is 1.68 bits per heavy atom. The van der Waals surface area contributed by atoms with E-state index < -0.39 is 0 Å². The number of carbonyl (C=O) groups is 2. The minimum Gasteiger partial charge on any atom is -0.355 e. The molecule has 1 saturated heterocycles. The summed E-state index contributed by atoms with van der Waals surface area (Å²) in [5.41, 5.74) is 0. The van der Waals surface area contributed by atoms with E-state index in [2.05, 4.69) is 10.6 Å². The molecule has 2 aliphatic rings. The second-order valence-corrected chi connectivity index (χ2v) is 5.54. The van der Waals surface area contributed by atoms with Crippen LogP contribution in [-0.4, -0.2) is 49.4 Å². The first-order valence-corrected chi connectivity index (χ1v) is 7.53. The van der Waals surface area contributed by atoms with Crippen LogP contribution in [0, 0.1) is 5.92 Å². The van der Waals surface area contributed by atoms with Crippen LogP contribution in [0.25, 0.3) is 0 Å². The topological polar surface area (TPSA) is 61.4 Å². The van der Waals surface area contributed by atoms with Crippen LogP contribution in [0.5, 0.6) is 0 Å². The van der Waals surface area contributed by atoms with Crippen molar-refractivity contribution in [3.8, 4) is 0 Å². The van der Waals surface area contributed by atoms with Gasteiger partial charge in [-0.2, -0.15) is 0 Å². The minimum absolute atomic E-state index is 0.167. The molecule has 2 N–H and O–H groups in total. The first-order chi connectivity index (χ1) is 9.27. The Kier molecular flexibility index (Phi) is 5.63. The smallest absolute Gasteiger partial charge is 0.236 e. The van der Waals surface area contributed by atoms with Crippen LogP contribution in [0.1, 0.15) is 38.5 Å². The molecular formula is C14H25N3O2. The van der Waals surface area contributed by atoms with Gasteiger partial charge in [0.15, 0.2) is 0 Å². The summed E-state index contributed by atoms with van der Waals surface area (Å²) in [5, 5.41) is 5.99. The Bertz CT molecular complexity index is 308. The van der Waals surface area contributed by atoms with Gasteiger partial charge in [0.05, 0.1) is 6.54 Å². The summed E-state index contributed by atoms with van der Waals surface area (Å²) in [7, 11) is 0. The van der Waals surface area contributed by atoms with E-state index in [4.69, 9.17) is 0 Å². The first kappa shape index (κ1) is 14.3. The highest BCUT2D eigenvalue weighted by atomic mass is 16.2. The summed E-state index contributed by atoms with van der Waals surface area (Å²) in [6.07, 6.45) is 6.81. The van der Waals surface area contributed by atoms with Crippen LogP contribution in [0.15, 0.2) is 0 Å². The van der Waals surface area contributed by atoms with Crippen LogP contribution in [0.2, 0.25) is 0 Å². The van der Waals surface area contributed by atoms with Gasteiger partial charge in [0.25, 0.3) is 0 Å². The molecule has 2 amide bonds. The third kappa shape index (κ3) is 5.19. The molecule has 0 bridgehead atoms. The molecule has 19 heavy (non-hydrogen) atoms. The summed E-state index contributed by atoms with van der Waals surface area (Å²) in [6, 6.07) is 0. The van der Waals surface area contributed by atoms with E-state index in [1.165, 1.54) is 12.8 Å². The van der Waals surface area contributed by atoms with E-state index in [0.29, 0.717) is 19.6 Å². The van der Waals surface area contributed by atoms with Crippen LogP contribution in [0.4, 0.5) is 0 Å². The maximum absolute atomic E-state index is 11.9. The number of carbonyl (C=O) groups excluding carboxylic acids is 2. The van der Waals surface area contributed by atoms with Gasteiger partial charge in [0, 0.05) is 32.1 Å². The number of likely N-dealkylation sites (tertiary alicyclic amines) is 1. The Morgan fingerprint density at radius 3 is 2.32 bits per heavy atom. The van der Waals surface area contributed by atoms with Crippen LogP contribution in [0.3, 0.4) is 0 Å². The number of rotatable bonds is 6. The fourth-order valence-corrected chi connectivity index (χ4v) is 2.39. The van der Waals surface area contributed by atoms with E-state index in [-0.39, 0.29) is 17.7 Å². The van der Waals surface area contributed by atoms with Crippen molar-refractivity contribution in [2.75, 3.05) is 32.7 Å². The minimum atomic E-state index is 0.167. The summed E-state index contributed by atoms with van der Waals surface area (Å²) in [5.74, 6) is 0.620. The predicted molar refractivity (Wildman–Crippen MR) is 73.7 cm³/mol. The average molecular weight is 267 g/mol. The lowest BCUT2D eigenvalue weighted by Crippen LogP contribution is -2.41.